The zero-order valence-electron chi connectivity index (χ0n) is 10.6. The lowest BCUT2D eigenvalue weighted by molar-refractivity contribution is 0.0520. The molecule has 0 aliphatic rings. The Morgan fingerprint density at radius 3 is 3.15 bits per heavy atom. The first kappa shape index (κ1) is 12.1. The van der Waals surface area contributed by atoms with Gasteiger partial charge in [-0.25, -0.2) is 14.5 Å². The highest BCUT2D eigenvalue weighted by Gasteiger charge is 2.18. The fourth-order valence-electron chi connectivity index (χ4n) is 1.76. The molecule has 0 radical (unpaired) electrons. The van der Waals surface area contributed by atoms with Gasteiger partial charge in [0.15, 0.2) is 11.5 Å². The number of carbonyl (C=O) groups excluding carboxylic acids is 1. The molecule has 3 aromatic heterocycles. The topological polar surface area (TPSA) is 113 Å². The number of nitrogens with two attached hydrogens (primary N) is 1. The zero-order chi connectivity index (χ0) is 14.1. The van der Waals surface area contributed by atoms with Crippen LogP contribution >= 0.6 is 0 Å². The second kappa shape index (κ2) is 4.61. The predicted octanol–water partition coefficient (Wildman–Crippen LogP) is 0.0689. The molecule has 0 amide bonds. The molecule has 0 unspecified atom stereocenters. The van der Waals surface area contributed by atoms with Gasteiger partial charge in [0, 0.05) is 12.4 Å². The molecule has 9 heteroatoms. The molecule has 0 atom stereocenters. The molecule has 102 valence electrons. The Kier molecular flexibility index (Phi) is 2.78. The van der Waals surface area contributed by atoms with E-state index in [0.29, 0.717) is 11.5 Å². The third-order valence-electron chi connectivity index (χ3n) is 2.63. The van der Waals surface area contributed by atoms with Gasteiger partial charge in [0.1, 0.15) is 6.33 Å². The number of nitrogen functional groups attached to an aromatic ring is 1. The number of ether oxygens (including phenoxy) is 1. The number of hydrogen-bond acceptors (Lipinski definition) is 7. The van der Waals surface area contributed by atoms with Crippen LogP contribution in [0.1, 0.15) is 17.4 Å². The minimum atomic E-state index is -0.572. The first-order chi connectivity index (χ1) is 9.70. The lowest BCUT2D eigenvalue weighted by Gasteiger charge is -2.01. The number of esters is 1. The van der Waals surface area contributed by atoms with Gasteiger partial charge in [-0.15, -0.1) is 10.2 Å². The predicted molar refractivity (Wildman–Crippen MR) is 68.3 cm³/mol. The van der Waals surface area contributed by atoms with Gasteiger partial charge in [0.2, 0.25) is 5.65 Å². The molecule has 0 fully saturated rings. The Hall–Kier alpha value is -2.97. The summed E-state index contributed by atoms with van der Waals surface area (Å²) in [6.45, 7) is 1.96. The second-order valence-corrected chi connectivity index (χ2v) is 3.91. The van der Waals surface area contributed by atoms with Crippen molar-refractivity contribution in [1.82, 2.24) is 29.4 Å². The highest BCUT2D eigenvalue weighted by Crippen LogP contribution is 2.16. The molecule has 0 aromatic carbocycles. The van der Waals surface area contributed by atoms with Crippen molar-refractivity contribution in [2.24, 2.45) is 0 Å². The number of rotatable bonds is 3. The third-order valence-corrected chi connectivity index (χ3v) is 2.63. The standard InChI is InChI=1S/C11H11N7O2/c1-2-20-11(19)8-7(12)5-18(16-8)9-10-15-14-6-17(10)4-3-13-9/h3-6H,2,12H2,1H3. The molecule has 0 saturated heterocycles. The Morgan fingerprint density at radius 2 is 2.35 bits per heavy atom. The van der Waals surface area contributed by atoms with Crippen molar-refractivity contribution < 1.29 is 9.53 Å². The van der Waals surface area contributed by atoms with Crippen LogP contribution in [-0.2, 0) is 4.74 Å². The van der Waals surface area contributed by atoms with Crippen LogP contribution in [0, 0.1) is 0 Å². The first-order valence-electron chi connectivity index (χ1n) is 5.87. The smallest absolute Gasteiger partial charge is 0.361 e. The van der Waals surface area contributed by atoms with Crippen LogP contribution in [0.4, 0.5) is 5.69 Å². The summed E-state index contributed by atoms with van der Waals surface area (Å²) < 4.78 is 7.95. The summed E-state index contributed by atoms with van der Waals surface area (Å²) >= 11 is 0. The van der Waals surface area contributed by atoms with Crippen molar-refractivity contribution >= 4 is 17.3 Å². The van der Waals surface area contributed by atoms with Crippen LogP contribution in [0.3, 0.4) is 0 Å². The van der Waals surface area contributed by atoms with Crippen LogP contribution in [0.2, 0.25) is 0 Å². The summed E-state index contributed by atoms with van der Waals surface area (Å²) in [4.78, 5) is 15.9. The fourth-order valence-corrected chi connectivity index (χ4v) is 1.76. The molecule has 20 heavy (non-hydrogen) atoms. The van der Waals surface area contributed by atoms with E-state index in [4.69, 9.17) is 10.5 Å². The number of hydrogen-bond donors (Lipinski definition) is 1. The summed E-state index contributed by atoms with van der Waals surface area (Å²) in [6, 6.07) is 0. The molecule has 0 saturated carbocycles. The molecule has 3 heterocycles. The molecule has 0 aliphatic carbocycles. The van der Waals surface area contributed by atoms with Crippen molar-refractivity contribution in [2.45, 2.75) is 6.92 Å². The fraction of sp³-hybridized carbons (Fsp3) is 0.182. The number of nitrogens with zero attached hydrogens (tertiary/aromatic N) is 6. The first-order valence-corrected chi connectivity index (χ1v) is 5.87. The average molecular weight is 273 g/mol. The quantitative estimate of drug-likeness (QED) is 0.671. The molecule has 3 rings (SSSR count). The lowest BCUT2D eigenvalue weighted by Crippen LogP contribution is -2.09. The number of anilines is 1. The van der Waals surface area contributed by atoms with Gasteiger partial charge in [0.25, 0.3) is 0 Å². The van der Waals surface area contributed by atoms with Gasteiger partial charge in [-0.2, -0.15) is 5.10 Å². The van der Waals surface area contributed by atoms with Gasteiger partial charge in [-0.05, 0) is 6.92 Å². The Balaban J connectivity index is 2.09. The number of aromatic nitrogens is 6. The normalized spacial score (nSPS) is 10.8. The second-order valence-electron chi connectivity index (χ2n) is 3.91. The van der Waals surface area contributed by atoms with Crippen LogP contribution in [0.5, 0.6) is 0 Å². The molecular formula is C11H11N7O2. The van der Waals surface area contributed by atoms with Crippen LogP contribution < -0.4 is 5.73 Å². The molecule has 2 N–H and O–H groups in total. The van der Waals surface area contributed by atoms with E-state index in [1.54, 1.807) is 30.0 Å². The van der Waals surface area contributed by atoms with Crippen LogP contribution in [-0.4, -0.2) is 41.9 Å². The number of carbonyl (C=O) groups is 1. The Bertz CT molecular complexity index is 776. The molecule has 0 spiro atoms. The van der Waals surface area contributed by atoms with E-state index in [2.05, 4.69) is 20.3 Å². The molecule has 0 aliphatic heterocycles. The van der Waals surface area contributed by atoms with Gasteiger partial charge in [0.05, 0.1) is 18.5 Å². The third kappa shape index (κ3) is 1.85. The van der Waals surface area contributed by atoms with E-state index in [9.17, 15) is 4.79 Å². The summed E-state index contributed by atoms with van der Waals surface area (Å²) in [7, 11) is 0. The maximum absolute atomic E-state index is 11.7. The van der Waals surface area contributed by atoms with Crippen molar-refractivity contribution in [1.29, 1.82) is 0 Å². The van der Waals surface area contributed by atoms with E-state index < -0.39 is 5.97 Å². The van der Waals surface area contributed by atoms with Gasteiger partial charge >= 0.3 is 5.97 Å². The van der Waals surface area contributed by atoms with E-state index >= 15 is 0 Å². The number of fused-ring (bicyclic) bond motifs is 1. The Morgan fingerprint density at radius 1 is 1.50 bits per heavy atom. The van der Waals surface area contributed by atoms with Gasteiger partial charge in [-0.1, -0.05) is 0 Å². The van der Waals surface area contributed by atoms with Crippen LogP contribution in [0.25, 0.3) is 11.5 Å². The minimum Gasteiger partial charge on any atom is -0.461 e. The average Bonchev–Trinajstić information content (AvgIpc) is 3.04. The van der Waals surface area contributed by atoms with Crippen molar-refractivity contribution in [3.8, 4) is 5.82 Å². The SMILES string of the molecule is CCOC(=O)c1nn(-c2nccn3cnnc23)cc1N. The van der Waals surface area contributed by atoms with E-state index in [1.807, 2.05) is 0 Å². The highest BCUT2D eigenvalue weighted by molar-refractivity contribution is 5.92. The highest BCUT2D eigenvalue weighted by atomic mass is 16.5. The molecular weight excluding hydrogens is 262 g/mol. The van der Waals surface area contributed by atoms with Gasteiger partial charge < -0.3 is 10.5 Å². The Labute approximate surface area is 113 Å². The maximum atomic E-state index is 11.7. The largest absolute Gasteiger partial charge is 0.461 e. The van der Waals surface area contributed by atoms with Crippen molar-refractivity contribution in [3.63, 3.8) is 0 Å². The van der Waals surface area contributed by atoms with Crippen molar-refractivity contribution in [2.75, 3.05) is 12.3 Å². The molecule has 3 aromatic rings. The van der Waals surface area contributed by atoms with Crippen molar-refractivity contribution in [3.05, 3.63) is 30.6 Å². The monoisotopic (exact) mass is 273 g/mol. The minimum absolute atomic E-state index is 0.0511. The molecule has 0 bridgehead atoms. The maximum Gasteiger partial charge on any atom is 0.361 e. The lowest BCUT2D eigenvalue weighted by atomic mass is 10.4. The van der Waals surface area contributed by atoms with Gasteiger partial charge in [-0.3, -0.25) is 4.40 Å². The summed E-state index contributed by atoms with van der Waals surface area (Å²) in [5, 5.41) is 11.8. The zero-order valence-corrected chi connectivity index (χ0v) is 10.6. The van der Waals surface area contributed by atoms with E-state index in [0.717, 1.165) is 0 Å². The van der Waals surface area contributed by atoms with E-state index in [1.165, 1.54) is 10.9 Å². The van der Waals surface area contributed by atoms with E-state index in [-0.39, 0.29) is 18.0 Å². The van der Waals surface area contributed by atoms with Crippen LogP contribution in [0.15, 0.2) is 24.9 Å². The molecule has 9 nitrogen and oxygen atoms in total. The summed E-state index contributed by atoms with van der Waals surface area (Å²) in [5.41, 5.74) is 6.55. The summed E-state index contributed by atoms with van der Waals surface area (Å²) in [5.74, 6) is -0.149. The summed E-state index contributed by atoms with van der Waals surface area (Å²) in [6.07, 6.45) is 6.31.